The lowest BCUT2D eigenvalue weighted by Crippen LogP contribution is -2.27. The molecule has 0 atom stereocenters. The predicted octanol–water partition coefficient (Wildman–Crippen LogP) is 3.14. The second kappa shape index (κ2) is 15.0. The molecule has 0 fully saturated rings. The lowest BCUT2D eigenvalue weighted by atomic mass is 10.2. The van der Waals surface area contributed by atoms with Crippen molar-refractivity contribution in [3.8, 4) is 11.8 Å². The van der Waals surface area contributed by atoms with Crippen LogP contribution in [-0.4, -0.2) is 66.9 Å². The molecule has 3 rings (SSSR count). The smallest absolute Gasteiger partial charge is 0.328 e. The van der Waals surface area contributed by atoms with Crippen LogP contribution in [0.4, 0.5) is 11.9 Å². The van der Waals surface area contributed by atoms with Gasteiger partial charge in [-0.05, 0) is 24.3 Å². The summed E-state index contributed by atoms with van der Waals surface area (Å²) in [4.78, 5) is 24.8. The average Bonchev–Trinajstić information content (AvgIpc) is 2.89. The quantitative estimate of drug-likeness (QED) is 0.211. The third kappa shape index (κ3) is 9.78. The van der Waals surface area contributed by atoms with E-state index in [1.165, 1.54) is 0 Å². The summed E-state index contributed by atoms with van der Waals surface area (Å²) in [6.45, 7) is 6.82. The van der Waals surface area contributed by atoms with E-state index in [1.54, 1.807) is 18.2 Å². The van der Waals surface area contributed by atoms with Gasteiger partial charge >= 0.3 is 6.01 Å². The van der Waals surface area contributed by atoms with Gasteiger partial charge in [-0.2, -0.15) is 15.0 Å². The Morgan fingerprint density at radius 2 is 1.43 bits per heavy atom. The van der Waals surface area contributed by atoms with Gasteiger partial charge in [-0.3, -0.25) is 4.79 Å². The van der Waals surface area contributed by atoms with Crippen molar-refractivity contribution in [1.29, 1.82) is 0 Å². The molecule has 0 radical (unpaired) electrons. The molecular weight excluding hydrogens is 448 g/mol. The Kier molecular flexibility index (Phi) is 11.0. The Morgan fingerprint density at radius 3 is 2.11 bits per heavy atom. The third-order valence-corrected chi connectivity index (χ3v) is 4.44. The first kappa shape index (κ1) is 25.6. The van der Waals surface area contributed by atoms with Gasteiger partial charge in [-0.1, -0.05) is 42.5 Å². The molecule has 1 aromatic heterocycles. The van der Waals surface area contributed by atoms with Crippen LogP contribution >= 0.6 is 0 Å². The molecule has 0 bridgehead atoms. The highest BCUT2D eigenvalue weighted by molar-refractivity contribution is 5.94. The van der Waals surface area contributed by atoms with Gasteiger partial charge in [0.25, 0.3) is 5.91 Å². The van der Waals surface area contributed by atoms with E-state index in [0.717, 1.165) is 0 Å². The summed E-state index contributed by atoms with van der Waals surface area (Å²) in [5.41, 5.74) is 0.629. The van der Waals surface area contributed by atoms with E-state index in [2.05, 4.69) is 37.5 Å². The molecule has 184 valence electrons. The maximum absolute atomic E-state index is 11.9. The summed E-state index contributed by atoms with van der Waals surface area (Å²) < 4.78 is 16.8. The van der Waals surface area contributed by atoms with E-state index in [4.69, 9.17) is 14.2 Å². The molecule has 3 N–H and O–H groups in total. The van der Waals surface area contributed by atoms with Crippen molar-refractivity contribution >= 4 is 17.8 Å². The first-order valence-electron chi connectivity index (χ1n) is 11.3. The number of carbonyl (C=O) groups excluding carboxylic acids is 1. The molecule has 10 heteroatoms. The largest absolute Gasteiger partial charge is 0.424 e. The van der Waals surface area contributed by atoms with E-state index in [1.807, 2.05) is 48.5 Å². The lowest BCUT2D eigenvalue weighted by molar-refractivity contribution is 0.0519. The first-order chi connectivity index (χ1) is 17.2. The van der Waals surface area contributed by atoms with Gasteiger partial charge in [0.2, 0.25) is 11.9 Å². The highest BCUT2D eigenvalue weighted by Crippen LogP contribution is 2.19. The molecule has 2 aromatic carbocycles. The highest BCUT2D eigenvalue weighted by atomic mass is 16.5. The summed E-state index contributed by atoms with van der Waals surface area (Å²) in [6, 6.07) is 18.5. The molecule has 0 spiro atoms. The number of aromatic nitrogens is 3. The van der Waals surface area contributed by atoms with Crippen LogP contribution in [0.2, 0.25) is 0 Å². The Hall–Kier alpha value is -4.02. The van der Waals surface area contributed by atoms with Crippen LogP contribution in [0, 0.1) is 0 Å². The van der Waals surface area contributed by atoms with Crippen molar-refractivity contribution in [2.45, 2.75) is 0 Å². The summed E-state index contributed by atoms with van der Waals surface area (Å²) in [7, 11) is 0. The van der Waals surface area contributed by atoms with Crippen LogP contribution in [0.25, 0.3) is 0 Å². The fourth-order valence-electron chi connectivity index (χ4n) is 2.80. The van der Waals surface area contributed by atoms with E-state index in [9.17, 15) is 4.79 Å². The number of benzene rings is 2. The number of nitrogens with zero attached hydrogens (tertiary/aromatic N) is 3. The van der Waals surface area contributed by atoms with Gasteiger partial charge in [0.05, 0.1) is 26.4 Å². The Morgan fingerprint density at radius 1 is 0.800 bits per heavy atom. The van der Waals surface area contributed by atoms with Crippen molar-refractivity contribution in [1.82, 2.24) is 20.3 Å². The normalized spacial score (nSPS) is 10.4. The van der Waals surface area contributed by atoms with Gasteiger partial charge in [-0.25, -0.2) is 0 Å². The minimum absolute atomic E-state index is 0.116. The molecule has 10 nitrogen and oxygen atoms in total. The fourth-order valence-corrected chi connectivity index (χ4v) is 2.80. The number of nitrogens with one attached hydrogen (secondary N) is 3. The van der Waals surface area contributed by atoms with Crippen LogP contribution in [0.1, 0.15) is 10.4 Å². The molecule has 0 unspecified atom stereocenters. The molecular formula is C25H30N6O4. The number of carbonyl (C=O) groups is 1. The number of ether oxygens (including phenoxy) is 3. The Bertz CT molecular complexity index is 1040. The highest BCUT2D eigenvalue weighted by Gasteiger charge is 2.08. The third-order valence-electron chi connectivity index (χ3n) is 4.44. The van der Waals surface area contributed by atoms with E-state index < -0.39 is 0 Å². The van der Waals surface area contributed by atoms with Gasteiger partial charge in [0, 0.05) is 25.2 Å². The number of hydrogen-bond donors (Lipinski definition) is 3. The SMILES string of the molecule is C=CCNc1nc(NCCOCCOCCNC(=O)c2ccccc2)nc(Oc2ccccc2)n1. The number of para-hydroxylation sites is 1. The van der Waals surface area contributed by atoms with Crippen molar-refractivity contribution < 1.29 is 19.0 Å². The molecule has 1 amide bonds. The molecule has 0 aliphatic rings. The Balaban J connectivity index is 1.31. The topological polar surface area (TPSA) is 120 Å². The minimum Gasteiger partial charge on any atom is -0.424 e. The molecule has 0 aliphatic carbocycles. The second-order valence-electron chi connectivity index (χ2n) is 7.12. The maximum atomic E-state index is 11.9. The zero-order chi connectivity index (χ0) is 24.6. The van der Waals surface area contributed by atoms with E-state index in [0.29, 0.717) is 69.3 Å². The fraction of sp³-hybridized carbons (Fsp3) is 0.280. The van der Waals surface area contributed by atoms with Gasteiger partial charge in [0.15, 0.2) is 0 Å². The maximum Gasteiger partial charge on any atom is 0.328 e. The molecule has 35 heavy (non-hydrogen) atoms. The van der Waals surface area contributed by atoms with Crippen LogP contribution in [0.5, 0.6) is 11.8 Å². The van der Waals surface area contributed by atoms with Crippen LogP contribution in [-0.2, 0) is 9.47 Å². The summed E-state index contributed by atoms with van der Waals surface area (Å²) >= 11 is 0. The summed E-state index contributed by atoms with van der Waals surface area (Å²) in [5, 5.41) is 8.95. The van der Waals surface area contributed by atoms with E-state index >= 15 is 0 Å². The van der Waals surface area contributed by atoms with Crippen LogP contribution in [0.15, 0.2) is 73.3 Å². The Labute approximate surface area is 204 Å². The molecule has 3 aromatic rings. The zero-order valence-electron chi connectivity index (χ0n) is 19.5. The monoisotopic (exact) mass is 478 g/mol. The number of hydrogen-bond acceptors (Lipinski definition) is 9. The van der Waals surface area contributed by atoms with Crippen molar-refractivity contribution in [3.05, 3.63) is 78.9 Å². The lowest BCUT2D eigenvalue weighted by Gasteiger charge is -2.10. The predicted molar refractivity (Wildman–Crippen MR) is 134 cm³/mol. The summed E-state index contributed by atoms with van der Waals surface area (Å²) in [5.74, 6) is 1.26. The molecule has 1 heterocycles. The van der Waals surface area contributed by atoms with Gasteiger partial charge in [0.1, 0.15) is 5.75 Å². The van der Waals surface area contributed by atoms with Crippen molar-refractivity contribution in [2.75, 3.05) is 56.7 Å². The first-order valence-corrected chi connectivity index (χ1v) is 11.3. The van der Waals surface area contributed by atoms with Crippen LogP contribution < -0.4 is 20.7 Å². The second-order valence-corrected chi connectivity index (χ2v) is 7.12. The molecule has 0 aliphatic heterocycles. The number of rotatable bonds is 16. The molecule has 0 saturated heterocycles. The van der Waals surface area contributed by atoms with Crippen LogP contribution in [0.3, 0.4) is 0 Å². The van der Waals surface area contributed by atoms with Gasteiger partial charge in [-0.15, -0.1) is 6.58 Å². The summed E-state index contributed by atoms with van der Waals surface area (Å²) in [6.07, 6.45) is 1.71. The number of amides is 1. The van der Waals surface area contributed by atoms with Crippen molar-refractivity contribution in [2.24, 2.45) is 0 Å². The van der Waals surface area contributed by atoms with Gasteiger partial charge < -0.3 is 30.2 Å². The zero-order valence-corrected chi connectivity index (χ0v) is 19.5. The molecule has 0 saturated carbocycles. The average molecular weight is 479 g/mol. The van der Waals surface area contributed by atoms with Crippen molar-refractivity contribution in [3.63, 3.8) is 0 Å². The number of anilines is 2. The minimum atomic E-state index is -0.116. The standard InChI is InChI=1S/C25H30N6O4/c1-2-13-27-23-29-24(31-25(30-23)35-21-11-7-4-8-12-21)28-15-17-34-19-18-33-16-14-26-22(32)20-9-5-3-6-10-20/h2-12H,1,13-19H2,(H,26,32)(H2,27,28,29,30,31). The van der Waals surface area contributed by atoms with E-state index in [-0.39, 0.29) is 11.9 Å².